The van der Waals surface area contributed by atoms with Crippen molar-refractivity contribution in [2.24, 2.45) is 11.8 Å². The second-order valence-electron chi connectivity index (χ2n) is 5.74. The van der Waals surface area contributed by atoms with Gasteiger partial charge in [0.25, 0.3) is 0 Å². The van der Waals surface area contributed by atoms with Crippen LogP contribution in [0.4, 0.5) is 5.69 Å². The molecule has 0 spiro atoms. The maximum absolute atomic E-state index is 10.0. The molecule has 1 heterocycles. The quantitative estimate of drug-likeness (QED) is 0.892. The van der Waals surface area contributed by atoms with Crippen molar-refractivity contribution in [3.63, 3.8) is 0 Å². The van der Waals surface area contributed by atoms with Crippen LogP contribution in [0.5, 0.6) is 0 Å². The Labute approximate surface area is 119 Å². The molecule has 1 aliphatic heterocycles. The van der Waals surface area contributed by atoms with Crippen LogP contribution in [-0.2, 0) is 6.54 Å². The number of aliphatic hydroxyl groups is 1. The number of benzene rings is 1. The third kappa shape index (κ3) is 2.35. The molecule has 2 aliphatic rings. The van der Waals surface area contributed by atoms with Crippen LogP contribution < -0.4 is 10.2 Å². The van der Waals surface area contributed by atoms with Crippen molar-refractivity contribution in [3.8, 4) is 0 Å². The van der Waals surface area contributed by atoms with Gasteiger partial charge in [0.15, 0.2) is 0 Å². The minimum absolute atomic E-state index is 0.109. The SMILES string of the molecule is CNCc1c(Cl)cccc1N1CC2CCC(O)C2C1. The van der Waals surface area contributed by atoms with Gasteiger partial charge in [0.05, 0.1) is 6.10 Å². The average Bonchev–Trinajstić information content (AvgIpc) is 2.95. The first kappa shape index (κ1) is 13.2. The van der Waals surface area contributed by atoms with Gasteiger partial charge in [-0.1, -0.05) is 17.7 Å². The van der Waals surface area contributed by atoms with Crippen LogP contribution in [-0.4, -0.2) is 31.3 Å². The number of rotatable bonds is 3. The maximum Gasteiger partial charge on any atom is 0.0588 e. The number of nitrogens with zero attached hydrogens (tertiary/aromatic N) is 1. The van der Waals surface area contributed by atoms with Crippen LogP contribution in [0.3, 0.4) is 0 Å². The molecule has 3 unspecified atom stereocenters. The molecule has 3 nitrogen and oxygen atoms in total. The van der Waals surface area contributed by atoms with Crippen LogP contribution in [0.25, 0.3) is 0 Å². The zero-order chi connectivity index (χ0) is 13.4. The number of halogens is 1. The number of hydrogen-bond donors (Lipinski definition) is 2. The maximum atomic E-state index is 10.0. The standard InChI is InChI=1S/C15H21ClN2O/c1-17-7-11-13(16)3-2-4-14(11)18-8-10-5-6-15(19)12(10)9-18/h2-4,10,12,15,17,19H,5-9H2,1H3. The second-order valence-corrected chi connectivity index (χ2v) is 6.15. The van der Waals surface area contributed by atoms with Crippen LogP contribution in [0.2, 0.25) is 5.02 Å². The van der Waals surface area contributed by atoms with Gasteiger partial charge in [0.1, 0.15) is 0 Å². The van der Waals surface area contributed by atoms with Crippen molar-refractivity contribution < 1.29 is 5.11 Å². The fraction of sp³-hybridized carbons (Fsp3) is 0.600. The van der Waals surface area contributed by atoms with Gasteiger partial charge in [-0.2, -0.15) is 0 Å². The Morgan fingerprint density at radius 2 is 2.21 bits per heavy atom. The summed E-state index contributed by atoms with van der Waals surface area (Å²) in [6, 6.07) is 6.11. The fourth-order valence-corrected chi connectivity index (χ4v) is 3.87. The molecule has 19 heavy (non-hydrogen) atoms. The zero-order valence-electron chi connectivity index (χ0n) is 11.3. The molecule has 104 valence electrons. The van der Waals surface area contributed by atoms with Gasteiger partial charge in [-0.25, -0.2) is 0 Å². The molecule has 1 aliphatic carbocycles. The number of nitrogens with one attached hydrogen (secondary N) is 1. The van der Waals surface area contributed by atoms with E-state index >= 15 is 0 Å². The van der Waals surface area contributed by atoms with E-state index in [0.717, 1.165) is 37.5 Å². The number of anilines is 1. The summed E-state index contributed by atoms with van der Waals surface area (Å²) in [6.45, 7) is 2.80. The van der Waals surface area contributed by atoms with E-state index in [4.69, 9.17) is 11.6 Å². The smallest absolute Gasteiger partial charge is 0.0588 e. The summed E-state index contributed by atoms with van der Waals surface area (Å²) in [5.74, 6) is 1.10. The Hall–Kier alpha value is -0.770. The molecule has 0 bridgehead atoms. The molecule has 1 aromatic rings. The van der Waals surface area contributed by atoms with Crippen molar-refractivity contribution in [2.75, 3.05) is 25.0 Å². The average molecular weight is 281 g/mol. The molecular weight excluding hydrogens is 260 g/mol. The number of aliphatic hydroxyl groups excluding tert-OH is 1. The predicted molar refractivity (Wildman–Crippen MR) is 78.6 cm³/mol. The Kier molecular flexibility index (Phi) is 3.70. The van der Waals surface area contributed by atoms with Crippen LogP contribution >= 0.6 is 11.6 Å². The Bertz CT molecular complexity index is 465. The van der Waals surface area contributed by atoms with E-state index in [1.165, 1.54) is 11.3 Å². The fourth-order valence-electron chi connectivity index (χ4n) is 3.63. The summed E-state index contributed by atoms with van der Waals surface area (Å²) in [7, 11) is 1.94. The minimum Gasteiger partial charge on any atom is -0.393 e. The summed E-state index contributed by atoms with van der Waals surface area (Å²) in [5, 5.41) is 14.0. The van der Waals surface area contributed by atoms with E-state index in [1.807, 2.05) is 19.2 Å². The van der Waals surface area contributed by atoms with E-state index in [9.17, 15) is 5.11 Å². The molecule has 3 rings (SSSR count). The largest absolute Gasteiger partial charge is 0.393 e. The molecule has 0 radical (unpaired) electrons. The number of hydrogen-bond acceptors (Lipinski definition) is 3. The molecule has 2 N–H and O–H groups in total. The summed E-state index contributed by atoms with van der Waals surface area (Å²) >= 11 is 6.32. The molecule has 1 saturated carbocycles. The van der Waals surface area contributed by atoms with Crippen molar-refractivity contribution >= 4 is 17.3 Å². The number of fused-ring (bicyclic) bond motifs is 1. The Balaban J connectivity index is 1.85. The van der Waals surface area contributed by atoms with Gasteiger partial charge in [-0.3, -0.25) is 0 Å². The van der Waals surface area contributed by atoms with Crippen molar-refractivity contribution in [1.82, 2.24) is 5.32 Å². The van der Waals surface area contributed by atoms with Crippen LogP contribution in [0.1, 0.15) is 18.4 Å². The summed E-state index contributed by atoms with van der Waals surface area (Å²) in [6.07, 6.45) is 2.02. The van der Waals surface area contributed by atoms with E-state index in [2.05, 4.69) is 16.3 Å². The highest BCUT2D eigenvalue weighted by Crippen LogP contribution is 2.41. The van der Waals surface area contributed by atoms with Gasteiger partial charge in [0.2, 0.25) is 0 Å². The highest BCUT2D eigenvalue weighted by Gasteiger charge is 2.42. The first-order valence-electron chi connectivity index (χ1n) is 7.05. The topological polar surface area (TPSA) is 35.5 Å². The first-order chi connectivity index (χ1) is 9.20. The van der Waals surface area contributed by atoms with E-state index in [1.54, 1.807) is 0 Å². The first-order valence-corrected chi connectivity index (χ1v) is 7.43. The molecular formula is C15H21ClN2O. The Morgan fingerprint density at radius 3 is 2.95 bits per heavy atom. The minimum atomic E-state index is -0.109. The summed E-state index contributed by atoms with van der Waals surface area (Å²) < 4.78 is 0. The highest BCUT2D eigenvalue weighted by molar-refractivity contribution is 6.31. The Morgan fingerprint density at radius 1 is 1.37 bits per heavy atom. The van der Waals surface area contributed by atoms with Crippen molar-refractivity contribution in [3.05, 3.63) is 28.8 Å². The molecule has 3 atom stereocenters. The monoisotopic (exact) mass is 280 g/mol. The van der Waals surface area contributed by atoms with E-state index in [0.29, 0.717) is 11.8 Å². The highest BCUT2D eigenvalue weighted by atomic mass is 35.5. The van der Waals surface area contributed by atoms with Gasteiger partial charge in [-0.05, 0) is 37.9 Å². The van der Waals surface area contributed by atoms with Crippen LogP contribution in [0.15, 0.2) is 18.2 Å². The van der Waals surface area contributed by atoms with Crippen molar-refractivity contribution in [2.45, 2.75) is 25.5 Å². The lowest BCUT2D eigenvalue weighted by Gasteiger charge is -2.24. The van der Waals surface area contributed by atoms with Gasteiger partial charge in [0, 0.05) is 41.8 Å². The molecule has 1 aromatic carbocycles. The lowest BCUT2D eigenvalue weighted by atomic mass is 10.00. The molecule has 4 heteroatoms. The van der Waals surface area contributed by atoms with E-state index in [-0.39, 0.29) is 6.10 Å². The summed E-state index contributed by atoms with van der Waals surface area (Å²) in [5.41, 5.74) is 2.39. The van der Waals surface area contributed by atoms with Gasteiger partial charge >= 0.3 is 0 Å². The van der Waals surface area contributed by atoms with Gasteiger partial charge < -0.3 is 15.3 Å². The van der Waals surface area contributed by atoms with Crippen molar-refractivity contribution in [1.29, 1.82) is 0 Å². The molecule has 0 aromatic heterocycles. The van der Waals surface area contributed by atoms with E-state index < -0.39 is 0 Å². The normalized spacial score (nSPS) is 29.8. The zero-order valence-corrected chi connectivity index (χ0v) is 12.0. The lowest BCUT2D eigenvalue weighted by Crippen LogP contribution is -2.26. The third-order valence-electron chi connectivity index (χ3n) is 4.61. The second kappa shape index (κ2) is 5.31. The summed E-state index contributed by atoms with van der Waals surface area (Å²) in [4.78, 5) is 2.40. The molecule has 1 saturated heterocycles. The predicted octanol–water partition coefficient (Wildman–Crippen LogP) is 2.27. The molecule has 2 fully saturated rings. The third-order valence-corrected chi connectivity index (χ3v) is 4.96. The van der Waals surface area contributed by atoms with Crippen LogP contribution in [0, 0.1) is 11.8 Å². The molecule has 0 amide bonds. The van der Waals surface area contributed by atoms with Gasteiger partial charge in [-0.15, -0.1) is 0 Å². The lowest BCUT2D eigenvalue weighted by molar-refractivity contribution is 0.133.